The highest BCUT2D eigenvalue weighted by atomic mass is 32.1. The summed E-state index contributed by atoms with van der Waals surface area (Å²) in [5.74, 6) is 0. The lowest BCUT2D eigenvalue weighted by Crippen LogP contribution is -2.28. The fourth-order valence-electron chi connectivity index (χ4n) is 2.31. The van der Waals surface area contributed by atoms with Crippen molar-refractivity contribution in [3.8, 4) is 0 Å². The molecule has 1 aliphatic heterocycles. The van der Waals surface area contributed by atoms with Crippen LogP contribution in [0.25, 0.3) is 0 Å². The van der Waals surface area contributed by atoms with Crippen molar-refractivity contribution in [2.45, 2.75) is 51.5 Å². The smallest absolute Gasteiger partial charge is 0.00749 e. The Kier molecular flexibility index (Phi) is 4.21. The molecule has 1 aromatic heterocycles. The fourth-order valence-corrected chi connectivity index (χ4v) is 3.24. The van der Waals surface area contributed by atoms with Gasteiger partial charge in [-0.05, 0) is 56.2 Å². The highest BCUT2D eigenvalue weighted by Crippen LogP contribution is 2.20. The second-order valence-corrected chi connectivity index (χ2v) is 5.57. The molecule has 0 saturated carbocycles. The molecule has 0 bridgehead atoms. The minimum absolute atomic E-state index is 0.772. The molecule has 1 aliphatic rings. The summed E-state index contributed by atoms with van der Waals surface area (Å²) in [5.41, 5.74) is 1.48. The van der Waals surface area contributed by atoms with E-state index in [9.17, 15) is 0 Å². The van der Waals surface area contributed by atoms with Crippen LogP contribution < -0.4 is 5.32 Å². The van der Waals surface area contributed by atoms with Gasteiger partial charge >= 0.3 is 0 Å². The third-order valence-corrected chi connectivity index (χ3v) is 4.43. The molecule has 0 aromatic carbocycles. The SMILES string of the molecule is Cc1ccsc1CCC1CCCCCN1. The van der Waals surface area contributed by atoms with Crippen molar-refractivity contribution in [3.63, 3.8) is 0 Å². The first kappa shape index (κ1) is 11.2. The molecule has 0 spiro atoms. The molecule has 0 radical (unpaired) electrons. The Labute approximate surface area is 96.9 Å². The lowest BCUT2D eigenvalue weighted by atomic mass is 10.0. The summed E-state index contributed by atoms with van der Waals surface area (Å²) in [4.78, 5) is 1.58. The molecule has 2 heteroatoms. The highest BCUT2D eigenvalue weighted by Gasteiger charge is 2.11. The molecule has 1 fully saturated rings. The summed E-state index contributed by atoms with van der Waals surface area (Å²) < 4.78 is 0. The largest absolute Gasteiger partial charge is 0.314 e. The summed E-state index contributed by atoms with van der Waals surface area (Å²) in [6.45, 7) is 3.46. The van der Waals surface area contributed by atoms with Gasteiger partial charge in [0.15, 0.2) is 0 Å². The quantitative estimate of drug-likeness (QED) is 0.826. The van der Waals surface area contributed by atoms with Gasteiger partial charge in [-0.25, -0.2) is 0 Å². The van der Waals surface area contributed by atoms with Crippen LogP contribution >= 0.6 is 11.3 Å². The molecule has 1 unspecified atom stereocenters. The average molecular weight is 223 g/mol. The predicted octanol–water partition coefficient (Wildman–Crippen LogP) is 3.52. The van der Waals surface area contributed by atoms with Crippen molar-refractivity contribution in [1.29, 1.82) is 0 Å². The van der Waals surface area contributed by atoms with Crippen molar-refractivity contribution in [2.75, 3.05) is 6.54 Å². The van der Waals surface area contributed by atoms with Crippen LogP contribution in [0.15, 0.2) is 11.4 Å². The molecule has 2 heterocycles. The van der Waals surface area contributed by atoms with Gasteiger partial charge in [0.25, 0.3) is 0 Å². The minimum Gasteiger partial charge on any atom is -0.314 e. The van der Waals surface area contributed by atoms with Gasteiger partial charge in [0.1, 0.15) is 0 Å². The maximum absolute atomic E-state index is 3.67. The summed E-state index contributed by atoms with van der Waals surface area (Å²) in [6, 6.07) is 3.01. The van der Waals surface area contributed by atoms with Crippen molar-refractivity contribution < 1.29 is 0 Å². The average Bonchev–Trinajstić information content (AvgIpc) is 2.53. The summed E-state index contributed by atoms with van der Waals surface area (Å²) in [6.07, 6.45) is 8.17. The van der Waals surface area contributed by atoms with E-state index in [1.54, 1.807) is 4.88 Å². The van der Waals surface area contributed by atoms with Crippen LogP contribution in [-0.2, 0) is 6.42 Å². The standard InChI is InChI=1S/C13H21NS/c1-11-8-10-15-13(11)7-6-12-5-3-2-4-9-14-12/h8,10,12,14H,2-7,9H2,1H3. The number of aryl methyl sites for hydroxylation is 2. The Morgan fingerprint density at radius 2 is 2.33 bits per heavy atom. The Hall–Kier alpha value is -0.340. The zero-order chi connectivity index (χ0) is 10.5. The third kappa shape index (κ3) is 3.32. The normalized spacial score (nSPS) is 22.6. The number of thiophene rings is 1. The van der Waals surface area contributed by atoms with Gasteiger partial charge in [0.05, 0.1) is 0 Å². The fraction of sp³-hybridized carbons (Fsp3) is 0.692. The molecular weight excluding hydrogens is 202 g/mol. The minimum atomic E-state index is 0.772. The van der Waals surface area contributed by atoms with Crippen molar-refractivity contribution in [3.05, 3.63) is 21.9 Å². The van der Waals surface area contributed by atoms with E-state index in [-0.39, 0.29) is 0 Å². The Bertz CT molecular complexity index is 284. The second-order valence-electron chi connectivity index (χ2n) is 4.57. The molecule has 1 N–H and O–H groups in total. The van der Waals surface area contributed by atoms with E-state index in [0.717, 1.165) is 6.04 Å². The van der Waals surface area contributed by atoms with Gasteiger partial charge in [-0.2, -0.15) is 0 Å². The van der Waals surface area contributed by atoms with Crippen LogP contribution in [-0.4, -0.2) is 12.6 Å². The number of nitrogens with one attached hydrogen (secondary N) is 1. The van der Waals surface area contributed by atoms with Crippen LogP contribution in [0.3, 0.4) is 0 Å². The molecule has 0 aliphatic carbocycles. The monoisotopic (exact) mass is 223 g/mol. The van der Waals surface area contributed by atoms with Gasteiger partial charge in [0, 0.05) is 10.9 Å². The van der Waals surface area contributed by atoms with Gasteiger partial charge in [-0.15, -0.1) is 11.3 Å². The molecule has 0 amide bonds. The molecule has 1 atom stereocenters. The van der Waals surface area contributed by atoms with Gasteiger partial charge < -0.3 is 5.32 Å². The first-order valence-electron chi connectivity index (χ1n) is 6.12. The number of hydrogen-bond donors (Lipinski definition) is 1. The Balaban J connectivity index is 1.79. The van der Waals surface area contributed by atoms with E-state index < -0.39 is 0 Å². The second kappa shape index (κ2) is 5.66. The molecule has 84 valence electrons. The van der Waals surface area contributed by atoms with E-state index in [0.29, 0.717) is 0 Å². The molecular formula is C13H21NS. The molecule has 2 rings (SSSR count). The zero-order valence-corrected chi connectivity index (χ0v) is 10.4. The molecule has 15 heavy (non-hydrogen) atoms. The van der Waals surface area contributed by atoms with Crippen molar-refractivity contribution in [2.24, 2.45) is 0 Å². The zero-order valence-electron chi connectivity index (χ0n) is 9.59. The summed E-state index contributed by atoms with van der Waals surface area (Å²) in [7, 11) is 0. The van der Waals surface area contributed by atoms with Gasteiger partial charge in [-0.1, -0.05) is 12.8 Å². The Morgan fingerprint density at radius 1 is 1.40 bits per heavy atom. The highest BCUT2D eigenvalue weighted by molar-refractivity contribution is 7.10. The van der Waals surface area contributed by atoms with E-state index in [1.165, 1.54) is 50.6 Å². The van der Waals surface area contributed by atoms with Crippen LogP contribution in [0.4, 0.5) is 0 Å². The first-order chi connectivity index (χ1) is 7.36. The van der Waals surface area contributed by atoms with E-state index >= 15 is 0 Å². The van der Waals surface area contributed by atoms with Crippen LogP contribution in [0.5, 0.6) is 0 Å². The third-order valence-electron chi connectivity index (χ3n) is 3.35. The number of hydrogen-bond acceptors (Lipinski definition) is 2. The molecule has 1 saturated heterocycles. The van der Waals surface area contributed by atoms with Crippen molar-refractivity contribution in [1.82, 2.24) is 5.32 Å². The molecule has 1 nitrogen and oxygen atoms in total. The van der Waals surface area contributed by atoms with Crippen LogP contribution in [0.2, 0.25) is 0 Å². The summed E-state index contributed by atoms with van der Waals surface area (Å²) in [5, 5.41) is 5.88. The van der Waals surface area contributed by atoms with E-state index in [1.807, 2.05) is 11.3 Å². The van der Waals surface area contributed by atoms with E-state index in [4.69, 9.17) is 0 Å². The summed E-state index contributed by atoms with van der Waals surface area (Å²) >= 11 is 1.92. The van der Waals surface area contributed by atoms with Gasteiger partial charge in [0.2, 0.25) is 0 Å². The number of rotatable bonds is 3. The van der Waals surface area contributed by atoms with Crippen molar-refractivity contribution >= 4 is 11.3 Å². The molecule has 1 aromatic rings. The lowest BCUT2D eigenvalue weighted by molar-refractivity contribution is 0.479. The Morgan fingerprint density at radius 3 is 3.13 bits per heavy atom. The maximum Gasteiger partial charge on any atom is 0.00749 e. The lowest BCUT2D eigenvalue weighted by Gasteiger charge is -2.15. The topological polar surface area (TPSA) is 12.0 Å². The predicted molar refractivity (Wildman–Crippen MR) is 67.6 cm³/mol. The maximum atomic E-state index is 3.67. The first-order valence-corrected chi connectivity index (χ1v) is 7.00. The van der Waals surface area contributed by atoms with Gasteiger partial charge in [-0.3, -0.25) is 0 Å². The van der Waals surface area contributed by atoms with E-state index in [2.05, 4.69) is 23.7 Å². The van der Waals surface area contributed by atoms with Crippen LogP contribution in [0, 0.1) is 6.92 Å². The van der Waals surface area contributed by atoms with Crippen LogP contribution in [0.1, 0.15) is 42.5 Å².